The van der Waals surface area contributed by atoms with Crippen LogP contribution in [-0.4, -0.2) is 33.3 Å². The summed E-state index contributed by atoms with van der Waals surface area (Å²) in [6.45, 7) is -0.396. The Balaban J connectivity index is 1.60. The van der Waals surface area contributed by atoms with Crippen LogP contribution in [0.3, 0.4) is 0 Å². The fourth-order valence-electron chi connectivity index (χ4n) is 4.95. The van der Waals surface area contributed by atoms with Gasteiger partial charge in [0.25, 0.3) is 11.8 Å². The van der Waals surface area contributed by atoms with E-state index in [1.165, 1.54) is 10.6 Å². The minimum Gasteiger partial charge on any atom is -0.347 e. The topological polar surface area (TPSA) is 105 Å². The number of fused-ring (bicyclic) bond motifs is 1. The van der Waals surface area contributed by atoms with Crippen molar-refractivity contribution < 1.29 is 36.3 Å². The van der Waals surface area contributed by atoms with Crippen LogP contribution in [0.2, 0.25) is 5.02 Å². The number of halogens is 6. The van der Waals surface area contributed by atoms with Gasteiger partial charge in [-0.3, -0.25) is 14.4 Å². The van der Waals surface area contributed by atoms with Gasteiger partial charge in [-0.2, -0.15) is 13.2 Å². The summed E-state index contributed by atoms with van der Waals surface area (Å²) >= 11 is 6.30. The monoisotopic (exact) mass is 581 g/mol. The Labute approximate surface area is 228 Å². The molecular formula is C26H21ClF5N5O3. The number of anilines is 1. The minimum absolute atomic E-state index is 0.0319. The van der Waals surface area contributed by atoms with Crippen LogP contribution in [0.5, 0.6) is 0 Å². The van der Waals surface area contributed by atoms with Crippen LogP contribution < -0.4 is 16.0 Å². The Morgan fingerprint density at radius 3 is 2.45 bits per heavy atom. The van der Waals surface area contributed by atoms with E-state index >= 15 is 0 Å². The van der Waals surface area contributed by atoms with Crippen LogP contribution in [0, 0.1) is 11.6 Å². The van der Waals surface area contributed by atoms with Gasteiger partial charge in [-0.25, -0.2) is 13.8 Å². The number of hydrogen-bond donors (Lipinski definition) is 3. The van der Waals surface area contributed by atoms with Gasteiger partial charge in [-0.1, -0.05) is 24.4 Å². The standard InChI is InChI=1S/C26H21ClF5N5O3/c27-18-6-5-14(28)10-17(18)20-21-22(36-24(39)12-7-13(26(30,31)32)9-15(29)8-12)35-23(37(21)11-19(38)34-20)25(40)33-16-3-1-2-4-16/h5-10,16,20H,1-4,11H2,(H,33,40)(H,34,38)(H,36,39). The number of hydrogen-bond acceptors (Lipinski definition) is 4. The zero-order valence-electron chi connectivity index (χ0n) is 20.5. The maximum atomic E-state index is 14.2. The van der Waals surface area contributed by atoms with Crippen molar-refractivity contribution in [1.29, 1.82) is 0 Å². The van der Waals surface area contributed by atoms with Gasteiger partial charge in [-0.05, 0) is 49.2 Å². The van der Waals surface area contributed by atoms with Gasteiger partial charge in [0.1, 0.15) is 18.2 Å². The van der Waals surface area contributed by atoms with Crippen LogP contribution in [0.25, 0.3) is 0 Å². The van der Waals surface area contributed by atoms with E-state index in [2.05, 4.69) is 20.9 Å². The van der Waals surface area contributed by atoms with Crippen molar-refractivity contribution in [2.45, 2.75) is 50.5 Å². The Bertz CT molecular complexity index is 1520. The number of nitrogens with zero attached hydrogens (tertiary/aromatic N) is 2. The molecule has 2 aromatic carbocycles. The smallest absolute Gasteiger partial charge is 0.347 e. The summed E-state index contributed by atoms with van der Waals surface area (Å²) in [4.78, 5) is 43.2. The van der Waals surface area contributed by atoms with Crippen molar-refractivity contribution in [2.24, 2.45) is 0 Å². The van der Waals surface area contributed by atoms with E-state index < -0.39 is 59.2 Å². The molecule has 2 heterocycles. The van der Waals surface area contributed by atoms with E-state index in [1.54, 1.807) is 0 Å². The van der Waals surface area contributed by atoms with E-state index in [1.807, 2.05) is 0 Å². The van der Waals surface area contributed by atoms with Crippen molar-refractivity contribution >= 4 is 35.1 Å². The van der Waals surface area contributed by atoms with Crippen molar-refractivity contribution in [3.8, 4) is 0 Å². The zero-order valence-corrected chi connectivity index (χ0v) is 21.3. The summed E-state index contributed by atoms with van der Waals surface area (Å²) in [7, 11) is 0. The van der Waals surface area contributed by atoms with Crippen molar-refractivity contribution in [3.63, 3.8) is 0 Å². The summed E-state index contributed by atoms with van der Waals surface area (Å²) in [5.41, 5.74) is -1.92. The number of aromatic nitrogens is 2. The van der Waals surface area contributed by atoms with Gasteiger partial charge in [-0.15, -0.1) is 0 Å². The number of nitrogens with one attached hydrogen (secondary N) is 3. The van der Waals surface area contributed by atoms with Crippen molar-refractivity contribution in [1.82, 2.24) is 20.2 Å². The molecule has 40 heavy (non-hydrogen) atoms. The molecule has 3 N–H and O–H groups in total. The zero-order chi connectivity index (χ0) is 28.8. The average molecular weight is 582 g/mol. The Morgan fingerprint density at radius 2 is 1.75 bits per heavy atom. The van der Waals surface area contributed by atoms with E-state index in [0.717, 1.165) is 37.8 Å². The molecule has 1 saturated carbocycles. The molecular weight excluding hydrogens is 561 g/mol. The lowest BCUT2D eigenvalue weighted by Crippen LogP contribution is -2.42. The van der Waals surface area contributed by atoms with Gasteiger partial charge in [0, 0.05) is 22.2 Å². The highest BCUT2D eigenvalue weighted by molar-refractivity contribution is 6.31. The third-order valence-electron chi connectivity index (χ3n) is 6.77. The van der Waals surface area contributed by atoms with Crippen LogP contribution >= 0.6 is 11.6 Å². The summed E-state index contributed by atoms with van der Waals surface area (Å²) in [5.74, 6) is -4.89. The Hall–Kier alpha value is -4.00. The number of carbonyl (C=O) groups is 3. The molecule has 1 atom stereocenters. The molecule has 210 valence electrons. The first-order valence-corrected chi connectivity index (χ1v) is 12.6. The molecule has 1 unspecified atom stereocenters. The molecule has 14 heteroatoms. The Morgan fingerprint density at radius 1 is 1.02 bits per heavy atom. The number of imidazole rings is 1. The third-order valence-corrected chi connectivity index (χ3v) is 7.11. The number of amides is 3. The second kappa shape index (κ2) is 10.5. The maximum absolute atomic E-state index is 14.2. The molecule has 3 aromatic rings. The van der Waals surface area contributed by atoms with Gasteiger partial charge >= 0.3 is 6.18 Å². The highest BCUT2D eigenvalue weighted by Gasteiger charge is 2.37. The highest BCUT2D eigenvalue weighted by Crippen LogP contribution is 2.37. The maximum Gasteiger partial charge on any atom is 0.416 e. The number of rotatable bonds is 5. The lowest BCUT2D eigenvalue weighted by Gasteiger charge is -2.28. The van der Waals surface area contributed by atoms with Gasteiger partial charge in [0.2, 0.25) is 11.7 Å². The fraction of sp³-hybridized carbons (Fsp3) is 0.308. The lowest BCUT2D eigenvalue weighted by atomic mass is 10.0. The SMILES string of the molecule is O=C1Cn2c(C(=O)NC3CCCC3)nc(NC(=O)c3cc(F)cc(C(F)(F)F)c3)c2C(c2cc(F)ccc2Cl)N1. The second-order valence-corrected chi connectivity index (χ2v) is 9.96. The van der Waals surface area contributed by atoms with Crippen molar-refractivity contribution in [2.75, 3.05) is 5.32 Å². The predicted octanol–water partition coefficient (Wildman–Crippen LogP) is 4.98. The molecule has 1 aromatic heterocycles. The molecule has 2 aliphatic rings. The van der Waals surface area contributed by atoms with Gasteiger partial charge < -0.3 is 20.5 Å². The van der Waals surface area contributed by atoms with E-state index in [4.69, 9.17) is 11.6 Å². The summed E-state index contributed by atoms with van der Waals surface area (Å²) in [6, 6.07) is 3.42. The van der Waals surface area contributed by atoms with Crippen LogP contribution in [0.1, 0.15) is 69.5 Å². The predicted molar refractivity (Wildman–Crippen MR) is 133 cm³/mol. The molecule has 1 aliphatic carbocycles. The normalized spacial score (nSPS) is 17.4. The third kappa shape index (κ3) is 5.51. The largest absolute Gasteiger partial charge is 0.416 e. The molecule has 0 spiro atoms. The first-order chi connectivity index (χ1) is 18.9. The second-order valence-electron chi connectivity index (χ2n) is 9.56. The first-order valence-electron chi connectivity index (χ1n) is 12.3. The van der Waals surface area contributed by atoms with E-state index in [0.29, 0.717) is 12.1 Å². The molecule has 5 rings (SSSR count). The lowest BCUT2D eigenvalue weighted by molar-refractivity contribution is -0.137. The Kier molecular flexibility index (Phi) is 7.25. The number of carbonyl (C=O) groups excluding carboxylic acids is 3. The molecule has 1 aliphatic heterocycles. The molecule has 0 bridgehead atoms. The average Bonchev–Trinajstić information content (AvgIpc) is 3.52. The van der Waals surface area contributed by atoms with Crippen molar-refractivity contribution in [3.05, 3.63) is 81.3 Å². The molecule has 3 amide bonds. The minimum atomic E-state index is -4.92. The molecule has 8 nitrogen and oxygen atoms in total. The van der Waals surface area contributed by atoms with E-state index in [9.17, 15) is 36.3 Å². The number of benzene rings is 2. The number of alkyl halides is 3. The molecule has 0 radical (unpaired) electrons. The van der Waals surface area contributed by atoms with Gasteiger partial charge in [0.15, 0.2) is 5.82 Å². The quantitative estimate of drug-likeness (QED) is 0.370. The summed E-state index contributed by atoms with van der Waals surface area (Å²) in [5, 5.41) is 7.86. The molecule has 0 saturated heterocycles. The highest BCUT2D eigenvalue weighted by atomic mass is 35.5. The first kappa shape index (κ1) is 27.6. The van der Waals surface area contributed by atoms with E-state index in [-0.39, 0.29) is 40.0 Å². The molecule has 1 fully saturated rings. The summed E-state index contributed by atoms with van der Waals surface area (Å²) in [6.07, 6.45) is -1.60. The van der Waals surface area contributed by atoms with Crippen LogP contribution in [0.4, 0.5) is 27.8 Å². The fourth-order valence-corrected chi connectivity index (χ4v) is 5.17. The van der Waals surface area contributed by atoms with Crippen LogP contribution in [-0.2, 0) is 17.5 Å². The summed E-state index contributed by atoms with van der Waals surface area (Å²) < 4.78 is 69.1. The van der Waals surface area contributed by atoms with Gasteiger partial charge in [0.05, 0.1) is 17.3 Å². The van der Waals surface area contributed by atoms with Crippen LogP contribution in [0.15, 0.2) is 36.4 Å².